The van der Waals surface area contributed by atoms with E-state index in [2.05, 4.69) is 14.9 Å². The molecule has 0 N–H and O–H groups in total. The van der Waals surface area contributed by atoms with Crippen LogP contribution in [0.15, 0.2) is 61.1 Å². The van der Waals surface area contributed by atoms with Crippen molar-refractivity contribution >= 4 is 45.2 Å². The lowest BCUT2D eigenvalue weighted by atomic mass is 9.95. The summed E-state index contributed by atoms with van der Waals surface area (Å²) in [5, 5.41) is 7.10. The van der Waals surface area contributed by atoms with Crippen molar-refractivity contribution in [3.05, 3.63) is 71.9 Å². The molecule has 0 radical (unpaired) electrons. The Morgan fingerprint density at radius 3 is 2.58 bits per heavy atom. The minimum absolute atomic E-state index is 0.0657. The summed E-state index contributed by atoms with van der Waals surface area (Å²) in [6.45, 7) is 8.94. The van der Waals surface area contributed by atoms with Gasteiger partial charge < -0.3 is 14.4 Å². The summed E-state index contributed by atoms with van der Waals surface area (Å²) in [5.41, 5.74) is 0.166. The maximum atomic E-state index is 17.1. The van der Waals surface area contributed by atoms with Crippen LogP contribution in [0.4, 0.5) is 15.0 Å². The smallest absolute Gasteiger partial charge is 0.410 e. The first-order chi connectivity index (χ1) is 25.6. The van der Waals surface area contributed by atoms with Crippen LogP contribution in [0.3, 0.4) is 0 Å². The van der Waals surface area contributed by atoms with E-state index in [-0.39, 0.29) is 40.9 Å². The van der Waals surface area contributed by atoms with Crippen molar-refractivity contribution in [2.75, 3.05) is 31.1 Å². The van der Waals surface area contributed by atoms with Gasteiger partial charge in [-0.25, -0.2) is 9.18 Å². The standard InChI is InChI=1S/C40H44ClFN8O3/c1-39(2,3)53-38(51)50-27-12-13-28(50)22-47(21-27)36-30-20-43-34(29-10-4-8-25-9-5-11-31(41)32(25)29)33(42)35(30)45-37(46-36)52-24-40-15-6-19-49(40)26(14-16-40)23-48-18-7-17-44-48/h4-5,7-11,17-18,20,26-28H,6,12-16,19,21-24H2,1-3H3. The number of rotatable bonds is 7. The zero-order valence-electron chi connectivity index (χ0n) is 30.3. The highest BCUT2D eigenvalue weighted by Crippen LogP contribution is 2.44. The van der Waals surface area contributed by atoms with Crippen molar-refractivity contribution in [1.29, 1.82) is 0 Å². The predicted octanol–water partition coefficient (Wildman–Crippen LogP) is 7.50. The van der Waals surface area contributed by atoms with Crippen LogP contribution in [0.1, 0.15) is 59.3 Å². The van der Waals surface area contributed by atoms with Gasteiger partial charge in [0, 0.05) is 53.7 Å². The van der Waals surface area contributed by atoms with Crippen LogP contribution in [0, 0.1) is 5.82 Å². The van der Waals surface area contributed by atoms with Gasteiger partial charge in [-0.15, -0.1) is 0 Å². The lowest BCUT2D eigenvalue weighted by Gasteiger charge is -2.42. The van der Waals surface area contributed by atoms with Crippen LogP contribution in [0.2, 0.25) is 5.02 Å². The van der Waals surface area contributed by atoms with Gasteiger partial charge in [-0.05, 0) is 83.4 Å². The second-order valence-corrected chi connectivity index (χ2v) is 16.5. The number of benzene rings is 2. The quantitative estimate of drug-likeness (QED) is 0.168. The molecule has 0 aliphatic carbocycles. The maximum absolute atomic E-state index is 17.1. The van der Waals surface area contributed by atoms with Gasteiger partial charge in [0.2, 0.25) is 0 Å². The van der Waals surface area contributed by atoms with E-state index in [0.717, 1.165) is 62.4 Å². The molecule has 11 nitrogen and oxygen atoms in total. The van der Waals surface area contributed by atoms with Gasteiger partial charge in [0.05, 0.1) is 29.6 Å². The fraction of sp³-hybridized carbons (Fsp3) is 0.475. The Balaban J connectivity index is 1.08. The maximum Gasteiger partial charge on any atom is 0.410 e. The van der Waals surface area contributed by atoms with E-state index in [0.29, 0.717) is 47.5 Å². The first kappa shape index (κ1) is 34.2. The van der Waals surface area contributed by atoms with Gasteiger partial charge in [0.25, 0.3) is 0 Å². The van der Waals surface area contributed by atoms with Gasteiger partial charge in [-0.1, -0.05) is 41.9 Å². The summed E-state index contributed by atoms with van der Waals surface area (Å²) < 4.78 is 31.4. The molecule has 9 rings (SSSR count). The molecule has 3 aromatic heterocycles. The molecular formula is C40H44ClFN8O3. The summed E-state index contributed by atoms with van der Waals surface area (Å²) in [7, 11) is 0. The number of aromatic nitrogens is 5. The molecule has 4 fully saturated rings. The Morgan fingerprint density at radius 2 is 1.83 bits per heavy atom. The normalized spacial score (nSPS) is 24.4. The number of fused-ring (bicyclic) bond motifs is 5. The number of nitrogens with zero attached hydrogens (tertiary/aromatic N) is 8. The van der Waals surface area contributed by atoms with Crippen molar-refractivity contribution in [2.24, 2.45) is 0 Å². The largest absolute Gasteiger partial charge is 0.461 e. The number of carbonyl (C=O) groups is 1. The van der Waals surface area contributed by atoms with Crippen molar-refractivity contribution < 1.29 is 18.7 Å². The zero-order valence-corrected chi connectivity index (χ0v) is 31.1. The van der Waals surface area contributed by atoms with E-state index in [4.69, 9.17) is 36.0 Å². The number of halogens is 2. The molecule has 13 heteroatoms. The Kier molecular flexibility index (Phi) is 8.45. The highest BCUT2D eigenvalue weighted by Gasteiger charge is 2.50. The Labute approximate surface area is 313 Å². The van der Waals surface area contributed by atoms with E-state index >= 15 is 4.39 Å². The van der Waals surface area contributed by atoms with Gasteiger partial charge >= 0.3 is 12.1 Å². The van der Waals surface area contributed by atoms with Crippen molar-refractivity contribution in [3.8, 4) is 17.3 Å². The Bertz CT molecular complexity index is 2180. The lowest BCUT2D eigenvalue weighted by molar-refractivity contribution is 0.0122. The van der Waals surface area contributed by atoms with Gasteiger partial charge in [0.15, 0.2) is 5.82 Å². The molecule has 4 aliphatic rings. The van der Waals surface area contributed by atoms with Gasteiger partial charge in [-0.3, -0.25) is 19.5 Å². The number of amides is 1. The molecule has 4 aliphatic heterocycles. The Hall–Kier alpha value is -4.55. The van der Waals surface area contributed by atoms with Crippen molar-refractivity contribution in [3.63, 3.8) is 0 Å². The molecule has 4 saturated heterocycles. The third kappa shape index (κ3) is 6.13. The fourth-order valence-corrected chi connectivity index (χ4v) is 9.61. The zero-order chi connectivity index (χ0) is 36.5. The molecule has 2 bridgehead atoms. The van der Waals surface area contributed by atoms with E-state index in [9.17, 15) is 4.79 Å². The number of ether oxygens (including phenoxy) is 2. The SMILES string of the molecule is CC(C)(C)OC(=O)N1C2CCC1CN(c1nc(OCC34CCCN3C(Cn3cccn3)CC4)nc3c(F)c(-c4cccc5cccc(Cl)c45)ncc13)C2. The molecule has 4 unspecified atom stereocenters. The second-order valence-electron chi connectivity index (χ2n) is 16.1. The summed E-state index contributed by atoms with van der Waals surface area (Å²) in [6, 6.07) is 13.6. The molecular weight excluding hydrogens is 695 g/mol. The van der Waals surface area contributed by atoms with Crippen LogP contribution in [-0.2, 0) is 11.3 Å². The number of carbonyl (C=O) groups excluding carboxylic acids is 1. The summed E-state index contributed by atoms with van der Waals surface area (Å²) in [4.78, 5) is 34.4. The third-order valence-corrected chi connectivity index (χ3v) is 11.9. The molecule has 0 spiro atoms. The molecule has 7 heterocycles. The number of pyridine rings is 1. The average molecular weight is 739 g/mol. The summed E-state index contributed by atoms with van der Waals surface area (Å²) in [6.07, 6.45) is 11.1. The average Bonchev–Trinajstić information content (AvgIpc) is 3.92. The number of piperazine rings is 1. The molecule has 0 saturated carbocycles. The van der Waals surface area contributed by atoms with Crippen LogP contribution in [0.25, 0.3) is 32.9 Å². The lowest BCUT2D eigenvalue weighted by Crippen LogP contribution is -2.57. The minimum atomic E-state index is -0.592. The molecule has 4 atom stereocenters. The molecule has 53 heavy (non-hydrogen) atoms. The van der Waals surface area contributed by atoms with Gasteiger partial charge in [0.1, 0.15) is 29.2 Å². The predicted molar refractivity (Wildman–Crippen MR) is 202 cm³/mol. The highest BCUT2D eigenvalue weighted by molar-refractivity contribution is 6.36. The third-order valence-electron chi connectivity index (χ3n) is 11.6. The van der Waals surface area contributed by atoms with Crippen LogP contribution < -0.4 is 9.64 Å². The second kappa shape index (κ2) is 13.1. The summed E-state index contributed by atoms with van der Waals surface area (Å²) in [5.74, 6) is 0.00277. The van der Waals surface area contributed by atoms with Crippen LogP contribution >= 0.6 is 11.6 Å². The fourth-order valence-electron chi connectivity index (χ4n) is 9.33. The van der Waals surface area contributed by atoms with Crippen molar-refractivity contribution in [1.82, 2.24) is 34.5 Å². The van der Waals surface area contributed by atoms with Crippen molar-refractivity contribution in [2.45, 2.75) is 95.1 Å². The minimum Gasteiger partial charge on any atom is -0.461 e. The topological polar surface area (TPSA) is 102 Å². The first-order valence-corrected chi connectivity index (χ1v) is 19.1. The monoisotopic (exact) mass is 738 g/mol. The molecule has 2 aromatic carbocycles. The van der Waals surface area contributed by atoms with E-state index in [1.54, 1.807) is 12.3 Å². The molecule has 276 valence electrons. The number of hydrogen-bond acceptors (Lipinski definition) is 9. The van der Waals surface area contributed by atoms with Crippen LogP contribution in [0.5, 0.6) is 6.01 Å². The molecule has 5 aromatic rings. The van der Waals surface area contributed by atoms with Gasteiger partial charge in [-0.2, -0.15) is 15.1 Å². The number of hydrogen-bond donors (Lipinski definition) is 0. The van der Waals surface area contributed by atoms with E-state index in [1.807, 2.05) is 79.1 Å². The van der Waals surface area contributed by atoms with Crippen LogP contribution in [-0.4, -0.2) is 96.1 Å². The summed E-state index contributed by atoms with van der Waals surface area (Å²) >= 11 is 6.69. The Morgan fingerprint density at radius 1 is 1.04 bits per heavy atom. The first-order valence-electron chi connectivity index (χ1n) is 18.7. The number of anilines is 1. The molecule has 1 amide bonds. The van der Waals surface area contributed by atoms with E-state index < -0.39 is 11.4 Å². The van der Waals surface area contributed by atoms with E-state index in [1.165, 1.54) is 0 Å². The highest BCUT2D eigenvalue weighted by atomic mass is 35.5.